The molecule has 0 unspecified atom stereocenters. The normalized spacial score (nSPS) is 25.8. The Morgan fingerprint density at radius 2 is 2.10 bits per heavy atom. The number of carbonyl (C=O) groups excluding carboxylic acids is 1. The molecule has 0 aliphatic carbocycles. The van der Waals surface area contributed by atoms with E-state index in [1.807, 2.05) is 22.7 Å². The Morgan fingerprint density at radius 3 is 2.87 bits per heavy atom. The van der Waals surface area contributed by atoms with E-state index in [0.29, 0.717) is 11.7 Å². The van der Waals surface area contributed by atoms with Crippen LogP contribution < -0.4 is 5.32 Å². The Bertz CT molecular complexity index is 895. The van der Waals surface area contributed by atoms with Crippen LogP contribution in [0.3, 0.4) is 0 Å². The second-order valence-electron chi connectivity index (χ2n) is 8.23. The van der Waals surface area contributed by atoms with Crippen LogP contribution in [-0.2, 0) is 4.79 Å². The van der Waals surface area contributed by atoms with Crippen LogP contribution in [0.25, 0.3) is 5.69 Å². The molecule has 160 valence electrons. The van der Waals surface area contributed by atoms with Crippen molar-refractivity contribution in [3.8, 4) is 5.69 Å². The molecule has 0 spiro atoms. The van der Waals surface area contributed by atoms with Gasteiger partial charge in [-0.25, -0.2) is 4.39 Å². The van der Waals surface area contributed by atoms with Crippen LogP contribution in [-0.4, -0.2) is 85.8 Å². The minimum atomic E-state index is -0.297. The van der Waals surface area contributed by atoms with E-state index in [1.54, 1.807) is 10.7 Å². The van der Waals surface area contributed by atoms with Crippen molar-refractivity contribution >= 4 is 17.7 Å². The number of rotatable bonds is 4. The van der Waals surface area contributed by atoms with Crippen molar-refractivity contribution in [2.24, 2.45) is 0 Å². The lowest BCUT2D eigenvalue weighted by atomic mass is 9.94. The third-order valence-electron chi connectivity index (χ3n) is 6.43. The lowest BCUT2D eigenvalue weighted by Gasteiger charge is -2.35. The molecule has 8 nitrogen and oxygen atoms in total. The molecule has 10 heteroatoms. The Morgan fingerprint density at radius 1 is 1.23 bits per heavy atom. The Labute approximate surface area is 179 Å². The number of halogens is 1. The van der Waals surface area contributed by atoms with Crippen molar-refractivity contribution in [3.63, 3.8) is 0 Å². The monoisotopic (exact) mass is 431 g/mol. The number of hydrogen-bond acceptors (Lipinski definition) is 7. The molecule has 0 radical (unpaired) electrons. The number of thioether (sulfide) groups is 1. The third-order valence-corrected chi connectivity index (χ3v) is 7.39. The molecule has 1 aromatic carbocycles. The van der Waals surface area contributed by atoms with Gasteiger partial charge in [-0.15, -0.1) is 16.9 Å². The maximum Gasteiger partial charge on any atom is 0.240 e. The van der Waals surface area contributed by atoms with E-state index in [9.17, 15) is 9.18 Å². The van der Waals surface area contributed by atoms with Gasteiger partial charge >= 0.3 is 0 Å². The molecule has 5 rings (SSSR count). The molecular formula is C20H26FN7OS. The van der Waals surface area contributed by atoms with E-state index in [2.05, 4.69) is 25.7 Å². The number of benzene rings is 1. The van der Waals surface area contributed by atoms with Crippen molar-refractivity contribution < 1.29 is 9.18 Å². The van der Waals surface area contributed by atoms with E-state index >= 15 is 0 Å². The molecular weight excluding hydrogens is 405 g/mol. The molecule has 3 aliphatic heterocycles. The van der Waals surface area contributed by atoms with E-state index in [-0.39, 0.29) is 23.7 Å². The molecule has 3 saturated heterocycles. The minimum Gasteiger partial charge on any atom is -0.331 e. The van der Waals surface area contributed by atoms with Gasteiger partial charge < -0.3 is 10.2 Å². The van der Waals surface area contributed by atoms with Gasteiger partial charge in [0.2, 0.25) is 5.91 Å². The van der Waals surface area contributed by atoms with Crippen LogP contribution in [0.5, 0.6) is 0 Å². The summed E-state index contributed by atoms with van der Waals surface area (Å²) in [5.74, 6) is 2.87. The molecule has 4 heterocycles. The van der Waals surface area contributed by atoms with Gasteiger partial charge in [-0.3, -0.25) is 9.69 Å². The zero-order chi connectivity index (χ0) is 20.5. The highest BCUT2D eigenvalue weighted by atomic mass is 32.2. The molecule has 0 saturated carbocycles. The van der Waals surface area contributed by atoms with Gasteiger partial charge in [0.25, 0.3) is 0 Å². The molecule has 30 heavy (non-hydrogen) atoms. The number of piperidine rings is 1. The van der Waals surface area contributed by atoms with Crippen LogP contribution in [0.1, 0.15) is 31.0 Å². The highest BCUT2D eigenvalue weighted by molar-refractivity contribution is 7.99. The number of nitrogens with one attached hydrogen (secondary N) is 1. The molecule has 1 amide bonds. The predicted octanol–water partition coefficient (Wildman–Crippen LogP) is 1.24. The SMILES string of the molecule is O=C([C@@H]1C[C@H](N2CCC(c3nnnn3-c3cccc(F)c3)CC2)CN1)N1CCSC1. The van der Waals surface area contributed by atoms with Crippen molar-refractivity contribution in [2.45, 2.75) is 37.3 Å². The number of hydrogen-bond donors (Lipinski definition) is 1. The van der Waals surface area contributed by atoms with Gasteiger partial charge in [-0.1, -0.05) is 6.07 Å². The number of likely N-dealkylation sites (tertiary alicyclic amines) is 1. The topological polar surface area (TPSA) is 79.2 Å². The van der Waals surface area contributed by atoms with E-state index in [4.69, 9.17) is 0 Å². The minimum absolute atomic E-state index is 0.0494. The molecule has 3 fully saturated rings. The van der Waals surface area contributed by atoms with E-state index in [1.165, 1.54) is 12.1 Å². The van der Waals surface area contributed by atoms with Crippen molar-refractivity contribution in [1.82, 2.24) is 35.3 Å². The van der Waals surface area contributed by atoms with Crippen LogP contribution in [0.15, 0.2) is 24.3 Å². The Kier molecular flexibility index (Phi) is 5.70. The summed E-state index contributed by atoms with van der Waals surface area (Å²) in [6, 6.07) is 6.71. The maximum atomic E-state index is 13.6. The first-order valence-corrected chi connectivity index (χ1v) is 11.7. The third kappa shape index (κ3) is 3.95. The second-order valence-corrected chi connectivity index (χ2v) is 9.30. The van der Waals surface area contributed by atoms with Crippen LogP contribution in [0, 0.1) is 5.82 Å². The smallest absolute Gasteiger partial charge is 0.240 e. The summed E-state index contributed by atoms with van der Waals surface area (Å²) in [6.07, 6.45) is 2.78. The highest BCUT2D eigenvalue weighted by Crippen LogP contribution is 2.30. The van der Waals surface area contributed by atoms with Gasteiger partial charge in [0.15, 0.2) is 5.82 Å². The fourth-order valence-corrected chi connectivity index (χ4v) is 5.71. The molecule has 3 aliphatic rings. The highest BCUT2D eigenvalue weighted by Gasteiger charge is 2.37. The van der Waals surface area contributed by atoms with Crippen molar-refractivity contribution in [2.75, 3.05) is 37.8 Å². The average Bonchev–Trinajstić information content (AvgIpc) is 3.55. The molecule has 2 aromatic rings. The summed E-state index contributed by atoms with van der Waals surface area (Å²) in [6.45, 7) is 3.64. The standard InChI is InChI=1S/C20H26FN7OS/c21-15-2-1-3-16(10-15)28-19(23-24-25-28)14-4-6-26(7-5-14)17-11-18(22-12-17)20(29)27-8-9-30-13-27/h1-3,10,14,17-18,22H,4-9,11-13H2/t17-,18-/m0/s1. The van der Waals surface area contributed by atoms with Crippen LogP contribution in [0.4, 0.5) is 4.39 Å². The van der Waals surface area contributed by atoms with Gasteiger partial charge in [0.1, 0.15) is 5.82 Å². The molecule has 0 bridgehead atoms. The Hall–Kier alpha value is -2.04. The van der Waals surface area contributed by atoms with Gasteiger partial charge in [0, 0.05) is 30.8 Å². The summed E-state index contributed by atoms with van der Waals surface area (Å²) in [5, 5.41) is 15.6. The van der Waals surface area contributed by atoms with Crippen LogP contribution in [0.2, 0.25) is 0 Å². The Balaban J connectivity index is 1.19. The number of tetrazole rings is 1. The van der Waals surface area contributed by atoms with E-state index in [0.717, 1.165) is 62.9 Å². The summed E-state index contributed by atoms with van der Waals surface area (Å²) < 4.78 is 15.3. The number of aromatic nitrogens is 4. The van der Waals surface area contributed by atoms with Crippen molar-refractivity contribution in [1.29, 1.82) is 0 Å². The molecule has 1 aromatic heterocycles. The summed E-state index contributed by atoms with van der Waals surface area (Å²) >= 11 is 1.83. The number of carbonyl (C=O) groups is 1. The first-order chi connectivity index (χ1) is 14.7. The summed E-state index contributed by atoms with van der Waals surface area (Å²) in [5.41, 5.74) is 0.652. The largest absolute Gasteiger partial charge is 0.331 e. The molecule has 1 N–H and O–H groups in total. The molecule has 2 atom stereocenters. The lowest BCUT2D eigenvalue weighted by molar-refractivity contribution is -0.131. The predicted molar refractivity (Wildman–Crippen MR) is 112 cm³/mol. The van der Waals surface area contributed by atoms with Crippen molar-refractivity contribution in [3.05, 3.63) is 35.9 Å². The number of nitrogens with zero attached hydrogens (tertiary/aromatic N) is 6. The lowest BCUT2D eigenvalue weighted by Crippen LogP contribution is -2.42. The fraction of sp³-hybridized carbons (Fsp3) is 0.600. The van der Waals surface area contributed by atoms with Crippen LogP contribution >= 0.6 is 11.8 Å². The zero-order valence-corrected chi connectivity index (χ0v) is 17.6. The summed E-state index contributed by atoms with van der Waals surface area (Å²) in [7, 11) is 0. The first-order valence-electron chi connectivity index (χ1n) is 10.6. The first kappa shape index (κ1) is 19.9. The quantitative estimate of drug-likeness (QED) is 0.780. The zero-order valence-electron chi connectivity index (χ0n) is 16.8. The van der Waals surface area contributed by atoms with Gasteiger partial charge in [-0.05, 0) is 61.0 Å². The average molecular weight is 432 g/mol. The second kappa shape index (κ2) is 8.60. The number of amides is 1. The van der Waals surface area contributed by atoms with E-state index < -0.39 is 0 Å². The fourth-order valence-electron chi connectivity index (χ4n) is 4.75. The summed E-state index contributed by atoms with van der Waals surface area (Å²) in [4.78, 5) is 17.1. The van der Waals surface area contributed by atoms with Gasteiger partial charge in [-0.2, -0.15) is 4.68 Å². The maximum absolute atomic E-state index is 13.6. The van der Waals surface area contributed by atoms with Gasteiger partial charge in [0.05, 0.1) is 17.6 Å².